The van der Waals surface area contributed by atoms with E-state index in [2.05, 4.69) is 10.3 Å². The van der Waals surface area contributed by atoms with Gasteiger partial charge < -0.3 is 19.7 Å². The van der Waals surface area contributed by atoms with Gasteiger partial charge in [0.15, 0.2) is 11.5 Å². The highest BCUT2D eigenvalue weighted by atomic mass is 16.5. The molecule has 2 heterocycles. The lowest BCUT2D eigenvalue weighted by Gasteiger charge is -2.20. The molecule has 26 heavy (non-hydrogen) atoms. The molecular formula is C20H25N3O3. The summed E-state index contributed by atoms with van der Waals surface area (Å²) in [6.45, 7) is 4.06. The first-order valence-corrected chi connectivity index (χ1v) is 8.95. The molecule has 0 aliphatic carbocycles. The fraction of sp³-hybridized carbons (Fsp3) is 0.400. The molecule has 1 saturated heterocycles. The van der Waals surface area contributed by atoms with Gasteiger partial charge in [-0.15, -0.1) is 0 Å². The van der Waals surface area contributed by atoms with Gasteiger partial charge in [0, 0.05) is 19.3 Å². The van der Waals surface area contributed by atoms with Gasteiger partial charge in [-0.05, 0) is 44.0 Å². The molecule has 1 N–H and O–H groups in total. The van der Waals surface area contributed by atoms with Crippen molar-refractivity contribution in [1.29, 1.82) is 0 Å². The van der Waals surface area contributed by atoms with E-state index < -0.39 is 0 Å². The van der Waals surface area contributed by atoms with E-state index in [4.69, 9.17) is 9.47 Å². The van der Waals surface area contributed by atoms with Gasteiger partial charge in [-0.25, -0.2) is 4.98 Å². The number of carbonyl (C=O) groups is 1. The number of hydrogen-bond acceptors (Lipinski definition) is 5. The lowest BCUT2D eigenvalue weighted by molar-refractivity contribution is 0.0793. The lowest BCUT2D eigenvalue weighted by Crippen LogP contribution is -2.30. The number of carbonyl (C=O) groups excluding carboxylic acids is 1. The molecule has 1 unspecified atom stereocenters. The third-order valence-corrected chi connectivity index (χ3v) is 4.37. The Hall–Kier alpha value is -2.76. The number of methoxy groups -OCH3 is 1. The number of ether oxygens (including phenoxy) is 2. The van der Waals surface area contributed by atoms with Crippen molar-refractivity contribution < 1.29 is 14.3 Å². The molecule has 1 amide bonds. The van der Waals surface area contributed by atoms with Crippen molar-refractivity contribution in [3.63, 3.8) is 0 Å². The van der Waals surface area contributed by atoms with Crippen molar-refractivity contribution >= 4 is 11.7 Å². The van der Waals surface area contributed by atoms with Gasteiger partial charge in [0.05, 0.1) is 18.7 Å². The molecule has 0 saturated carbocycles. The Morgan fingerprint density at radius 1 is 1.19 bits per heavy atom. The van der Waals surface area contributed by atoms with Crippen LogP contribution in [0.3, 0.4) is 0 Å². The first-order valence-electron chi connectivity index (χ1n) is 8.95. The van der Waals surface area contributed by atoms with E-state index in [-0.39, 0.29) is 11.9 Å². The van der Waals surface area contributed by atoms with E-state index in [1.165, 1.54) is 0 Å². The zero-order valence-electron chi connectivity index (χ0n) is 15.3. The molecule has 1 aromatic carbocycles. The Labute approximate surface area is 154 Å². The van der Waals surface area contributed by atoms with Gasteiger partial charge >= 0.3 is 0 Å². The SMILES string of the molecule is COc1ccccc1OCC(C)Nc1ncccc1C(=O)N1CCCC1. The summed E-state index contributed by atoms with van der Waals surface area (Å²) in [4.78, 5) is 19.0. The van der Waals surface area contributed by atoms with E-state index in [9.17, 15) is 4.79 Å². The van der Waals surface area contributed by atoms with Crippen LogP contribution in [0.2, 0.25) is 0 Å². The Kier molecular flexibility index (Phi) is 5.94. The van der Waals surface area contributed by atoms with Crippen LogP contribution in [0.5, 0.6) is 11.5 Å². The standard InChI is InChI=1S/C20H25N3O3/c1-15(14-26-18-10-4-3-9-17(18)25-2)22-19-16(8-7-11-21-19)20(24)23-12-5-6-13-23/h3-4,7-11,15H,5-6,12-14H2,1-2H3,(H,21,22). The third-order valence-electron chi connectivity index (χ3n) is 4.37. The molecule has 0 bridgehead atoms. The van der Waals surface area contributed by atoms with Crippen molar-refractivity contribution in [3.05, 3.63) is 48.2 Å². The number of anilines is 1. The molecule has 0 spiro atoms. The summed E-state index contributed by atoms with van der Waals surface area (Å²) >= 11 is 0. The molecule has 0 radical (unpaired) electrons. The van der Waals surface area contributed by atoms with Gasteiger partial charge in [-0.1, -0.05) is 12.1 Å². The van der Waals surface area contributed by atoms with Crippen molar-refractivity contribution in [2.75, 3.05) is 32.1 Å². The van der Waals surface area contributed by atoms with Crippen LogP contribution in [0.25, 0.3) is 0 Å². The topological polar surface area (TPSA) is 63.7 Å². The van der Waals surface area contributed by atoms with Gasteiger partial charge in [-0.2, -0.15) is 0 Å². The normalized spacial score (nSPS) is 14.8. The highest BCUT2D eigenvalue weighted by Crippen LogP contribution is 2.26. The monoisotopic (exact) mass is 355 g/mol. The van der Waals surface area contributed by atoms with E-state index in [0.29, 0.717) is 29.5 Å². The average molecular weight is 355 g/mol. The predicted octanol–water partition coefficient (Wildman–Crippen LogP) is 3.21. The number of hydrogen-bond donors (Lipinski definition) is 1. The summed E-state index contributed by atoms with van der Waals surface area (Å²) < 4.78 is 11.1. The second kappa shape index (κ2) is 8.56. The summed E-state index contributed by atoms with van der Waals surface area (Å²) in [5.74, 6) is 2.02. The fourth-order valence-corrected chi connectivity index (χ4v) is 3.01. The number of pyridine rings is 1. The summed E-state index contributed by atoms with van der Waals surface area (Å²) in [5.41, 5.74) is 0.610. The van der Waals surface area contributed by atoms with Crippen molar-refractivity contribution in [2.45, 2.75) is 25.8 Å². The van der Waals surface area contributed by atoms with Crippen LogP contribution in [-0.2, 0) is 0 Å². The minimum atomic E-state index is -0.0278. The third kappa shape index (κ3) is 4.25. The van der Waals surface area contributed by atoms with Gasteiger partial charge in [0.25, 0.3) is 5.91 Å². The van der Waals surface area contributed by atoms with E-state index in [0.717, 1.165) is 25.9 Å². The maximum atomic E-state index is 12.7. The Bertz CT molecular complexity index is 745. The molecular weight excluding hydrogens is 330 g/mol. The Balaban J connectivity index is 1.64. The van der Waals surface area contributed by atoms with Crippen LogP contribution in [0.1, 0.15) is 30.1 Å². The molecule has 2 aromatic rings. The molecule has 6 nitrogen and oxygen atoms in total. The zero-order chi connectivity index (χ0) is 18.4. The number of para-hydroxylation sites is 2. The number of rotatable bonds is 7. The number of nitrogens with one attached hydrogen (secondary N) is 1. The number of nitrogens with zero attached hydrogens (tertiary/aromatic N) is 2. The lowest BCUT2D eigenvalue weighted by atomic mass is 10.2. The molecule has 1 atom stereocenters. The number of benzene rings is 1. The first-order chi connectivity index (χ1) is 12.7. The fourth-order valence-electron chi connectivity index (χ4n) is 3.01. The molecule has 1 aliphatic rings. The molecule has 1 fully saturated rings. The van der Waals surface area contributed by atoms with Gasteiger partial charge in [0.1, 0.15) is 12.4 Å². The van der Waals surface area contributed by atoms with Crippen LogP contribution in [-0.4, -0.2) is 48.6 Å². The molecule has 6 heteroatoms. The summed E-state index contributed by atoms with van der Waals surface area (Å²) in [5, 5.41) is 3.30. The van der Waals surface area contributed by atoms with E-state index >= 15 is 0 Å². The van der Waals surface area contributed by atoms with Gasteiger partial charge in [0.2, 0.25) is 0 Å². The quantitative estimate of drug-likeness (QED) is 0.826. The Morgan fingerprint density at radius 3 is 2.65 bits per heavy atom. The largest absolute Gasteiger partial charge is 0.493 e. The second-order valence-electron chi connectivity index (χ2n) is 6.41. The molecule has 1 aliphatic heterocycles. The maximum Gasteiger partial charge on any atom is 0.257 e. The van der Waals surface area contributed by atoms with Crippen molar-refractivity contribution in [1.82, 2.24) is 9.88 Å². The number of aromatic nitrogens is 1. The van der Waals surface area contributed by atoms with Gasteiger partial charge in [-0.3, -0.25) is 4.79 Å². The summed E-state index contributed by atoms with van der Waals surface area (Å²) in [6, 6.07) is 11.1. The minimum absolute atomic E-state index is 0.0278. The van der Waals surface area contributed by atoms with Crippen molar-refractivity contribution in [3.8, 4) is 11.5 Å². The summed E-state index contributed by atoms with van der Waals surface area (Å²) in [7, 11) is 1.62. The van der Waals surface area contributed by atoms with Crippen LogP contribution in [0.15, 0.2) is 42.6 Å². The number of likely N-dealkylation sites (tertiary alicyclic amines) is 1. The Morgan fingerprint density at radius 2 is 1.92 bits per heavy atom. The smallest absolute Gasteiger partial charge is 0.257 e. The zero-order valence-corrected chi connectivity index (χ0v) is 15.3. The average Bonchev–Trinajstić information content (AvgIpc) is 3.21. The first kappa shape index (κ1) is 18.0. The number of amides is 1. The van der Waals surface area contributed by atoms with E-state index in [1.807, 2.05) is 42.2 Å². The van der Waals surface area contributed by atoms with Crippen LogP contribution >= 0.6 is 0 Å². The van der Waals surface area contributed by atoms with Crippen LogP contribution in [0, 0.1) is 0 Å². The summed E-state index contributed by atoms with van der Waals surface area (Å²) in [6.07, 6.45) is 3.83. The highest BCUT2D eigenvalue weighted by Gasteiger charge is 2.22. The molecule has 1 aromatic heterocycles. The minimum Gasteiger partial charge on any atom is -0.493 e. The van der Waals surface area contributed by atoms with Crippen LogP contribution in [0.4, 0.5) is 5.82 Å². The maximum absolute atomic E-state index is 12.7. The van der Waals surface area contributed by atoms with Crippen LogP contribution < -0.4 is 14.8 Å². The predicted molar refractivity (Wildman–Crippen MR) is 101 cm³/mol. The van der Waals surface area contributed by atoms with Crippen molar-refractivity contribution in [2.24, 2.45) is 0 Å². The highest BCUT2D eigenvalue weighted by molar-refractivity contribution is 5.98. The second-order valence-corrected chi connectivity index (χ2v) is 6.41. The molecule has 138 valence electrons. The van der Waals surface area contributed by atoms with E-state index in [1.54, 1.807) is 19.4 Å². The molecule has 3 rings (SSSR count).